The van der Waals surface area contributed by atoms with Crippen molar-refractivity contribution < 1.29 is 46.1 Å². The number of hydrogen-bond donors (Lipinski definition) is 0. The molecule has 33 heavy (non-hydrogen) atoms. The maximum atomic E-state index is 2.75. The molecule has 0 radical (unpaired) electrons. The Bertz CT molecular complexity index is 1130. The first kappa shape index (κ1) is 28.7. The van der Waals surface area contributed by atoms with E-state index in [9.17, 15) is 0 Å². The van der Waals surface area contributed by atoms with Gasteiger partial charge in [-0.25, -0.2) is 0 Å². The molecule has 2 aliphatic rings. The average Bonchev–Trinajstić information content (AvgIpc) is 3.34. The van der Waals surface area contributed by atoms with Crippen LogP contribution in [0.25, 0.3) is 6.08 Å². The standard InChI is InChI=1S/C11H21Si2.C9H7.C8H8.2ClH.Zr/c1-12(2,3)10-8-7-9-11(10)13(4,5)6;1-2-5-9-7-3-6-8(9)4-1;1-2-8-6-4-3-5-7-8;;;/h8H,9H2,1-6H3;1-7H;3-7H,1H3;2*1H;/q;;;;;+2/p-2. The Morgan fingerprint density at radius 1 is 0.818 bits per heavy atom. The Morgan fingerprint density at radius 3 is 2.00 bits per heavy atom. The fourth-order valence-electron chi connectivity index (χ4n) is 5.13. The minimum Gasteiger partial charge on any atom is -1.00 e. The van der Waals surface area contributed by atoms with Crippen LogP contribution >= 0.6 is 0 Å². The fraction of sp³-hybridized carbons (Fsp3) is 0.321. The third-order valence-electron chi connectivity index (χ3n) is 6.79. The normalized spacial score (nSPS) is 17.7. The van der Waals surface area contributed by atoms with Crippen molar-refractivity contribution in [3.8, 4) is 0 Å². The van der Waals surface area contributed by atoms with E-state index < -0.39 is 37.4 Å². The van der Waals surface area contributed by atoms with Gasteiger partial charge in [-0.3, -0.25) is 0 Å². The quantitative estimate of drug-likeness (QED) is 0.468. The van der Waals surface area contributed by atoms with Gasteiger partial charge in [0.2, 0.25) is 0 Å². The zero-order chi connectivity index (χ0) is 22.4. The maximum Gasteiger partial charge on any atom is -1.00 e. The van der Waals surface area contributed by atoms with Gasteiger partial charge in [0.15, 0.2) is 0 Å². The minimum absolute atomic E-state index is 0. The second kappa shape index (κ2) is 11.0. The fourth-order valence-corrected chi connectivity index (χ4v) is 19.6. The molecule has 2 aromatic rings. The zero-order valence-corrected chi connectivity index (χ0v) is 26.9. The van der Waals surface area contributed by atoms with E-state index in [2.05, 4.69) is 119 Å². The predicted molar refractivity (Wildman–Crippen MR) is 141 cm³/mol. The predicted octanol–water partition coefficient (Wildman–Crippen LogP) is 1.96. The summed E-state index contributed by atoms with van der Waals surface area (Å²) in [5.74, 6) is 0. The van der Waals surface area contributed by atoms with Crippen LogP contribution in [-0.4, -0.2) is 19.4 Å². The molecule has 0 nitrogen and oxygen atoms in total. The molecular weight excluding hydrogens is 555 g/mol. The molecule has 1 unspecified atom stereocenters. The van der Waals surface area contributed by atoms with E-state index in [-0.39, 0.29) is 24.8 Å². The third-order valence-corrected chi connectivity index (χ3v) is 19.3. The van der Waals surface area contributed by atoms with Crippen molar-refractivity contribution in [2.45, 2.75) is 56.3 Å². The van der Waals surface area contributed by atoms with E-state index in [1.54, 1.807) is 14.0 Å². The van der Waals surface area contributed by atoms with Crippen LogP contribution in [0.3, 0.4) is 0 Å². The summed E-state index contributed by atoms with van der Waals surface area (Å²) in [5, 5.41) is 3.65. The Kier molecular flexibility index (Phi) is 9.56. The molecule has 0 saturated heterocycles. The SMILES string of the molecule is C/[C](c1ccccc1)=[Zr+2](\[C]1=CC([Si](C)(C)C)=C([Si](C)(C)C)C1)[CH]1C=Cc2ccccc21.[Cl-].[Cl-]. The van der Waals surface area contributed by atoms with Crippen molar-refractivity contribution in [3.05, 3.63) is 97.1 Å². The summed E-state index contributed by atoms with van der Waals surface area (Å²) in [5.41, 5.74) is 4.48. The summed E-state index contributed by atoms with van der Waals surface area (Å²) in [4.78, 5) is 0. The van der Waals surface area contributed by atoms with Gasteiger partial charge in [0.25, 0.3) is 0 Å². The molecule has 0 amide bonds. The first-order valence-corrected chi connectivity index (χ1v) is 22.4. The molecule has 0 fully saturated rings. The van der Waals surface area contributed by atoms with Gasteiger partial charge in [-0.05, 0) is 0 Å². The average molecular weight is 591 g/mol. The van der Waals surface area contributed by atoms with Gasteiger partial charge in [-0.2, -0.15) is 0 Å². The van der Waals surface area contributed by atoms with E-state index in [0.29, 0.717) is 3.63 Å². The number of allylic oxidation sites excluding steroid dienone is 5. The molecule has 0 spiro atoms. The van der Waals surface area contributed by atoms with E-state index >= 15 is 0 Å². The Balaban J connectivity index is 0.00000193. The van der Waals surface area contributed by atoms with Crippen molar-refractivity contribution in [1.29, 1.82) is 0 Å². The van der Waals surface area contributed by atoms with E-state index in [0.717, 1.165) is 0 Å². The Labute approximate surface area is 223 Å². The minimum atomic E-state index is -2.19. The molecule has 4 rings (SSSR count). The first-order valence-electron chi connectivity index (χ1n) is 11.6. The molecule has 2 aromatic carbocycles. The van der Waals surface area contributed by atoms with Crippen LogP contribution < -0.4 is 24.8 Å². The number of rotatable bonds is 5. The molecule has 1 atom stereocenters. The van der Waals surface area contributed by atoms with Crippen molar-refractivity contribution in [3.63, 3.8) is 0 Å². The van der Waals surface area contributed by atoms with E-state index in [4.69, 9.17) is 0 Å². The number of benzene rings is 2. The van der Waals surface area contributed by atoms with Crippen molar-refractivity contribution >= 4 is 25.4 Å². The molecule has 0 N–H and O–H groups in total. The van der Waals surface area contributed by atoms with Gasteiger partial charge < -0.3 is 24.8 Å². The number of hydrogen-bond acceptors (Lipinski definition) is 0. The second-order valence-corrected chi connectivity index (χ2v) is 28.2. The first-order chi connectivity index (χ1) is 14.6. The summed E-state index contributed by atoms with van der Waals surface area (Å²) < 4.78 is 4.16. The Morgan fingerprint density at radius 2 is 1.42 bits per heavy atom. The van der Waals surface area contributed by atoms with Gasteiger partial charge in [0.05, 0.1) is 0 Å². The summed E-state index contributed by atoms with van der Waals surface area (Å²) in [6.45, 7) is 17.8. The second-order valence-electron chi connectivity index (χ2n) is 11.1. The number of halogens is 2. The molecule has 0 saturated carbocycles. The monoisotopic (exact) mass is 588 g/mol. The molecule has 0 bridgehead atoms. The molecule has 2 aliphatic carbocycles. The van der Waals surface area contributed by atoms with Crippen LogP contribution in [0.1, 0.15) is 33.7 Å². The summed E-state index contributed by atoms with van der Waals surface area (Å²) in [7, 11) is -2.71. The maximum absolute atomic E-state index is 2.75. The molecule has 0 aromatic heterocycles. The van der Waals surface area contributed by atoms with Crippen LogP contribution in [0.2, 0.25) is 39.3 Å². The van der Waals surface area contributed by atoms with Gasteiger partial charge in [0, 0.05) is 0 Å². The summed E-state index contributed by atoms with van der Waals surface area (Å²) >= 11 is -2.19. The van der Waals surface area contributed by atoms with Crippen LogP contribution in [0.15, 0.2) is 80.4 Å². The van der Waals surface area contributed by atoms with Crippen molar-refractivity contribution in [2.75, 3.05) is 0 Å². The molecule has 174 valence electrons. The van der Waals surface area contributed by atoms with E-state index in [1.165, 1.54) is 17.5 Å². The largest absolute Gasteiger partial charge is 1.00 e. The van der Waals surface area contributed by atoms with Crippen LogP contribution in [0, 0.1) is 0 Å². The molecule has 5 heteroatoms. The topological polar surface area (TPSA) is 0 Å². The molecular formula is C28H36Cl2Si2Zr. The van der Waals surface area contributed by atoms with Gasteiger partial charge >= 0.3 is 200 Å². The van der Waals surface area contributed by atoms with Crippen LogP contribution in [-0.2, 0) is 21.3 Å². The Hall–Kier alpha value is -0.573. The van der Waals surface area contributed by atoms with Crippen molar-refractivity contribution in [2.24, 2.45) is 0 Å². The zero-order valence-electron chi connectivity index (χ0n) is 21.0. The van der Waals surface area contributed by atoms with E-state index in [1.807, 2.05) is 8.48 Å². The molecule has 0 heterocycles. The summed E-state index contributed by atoms with van der Waals surface area (Å²) in [6, 6.07) is 20.3. The van der Waals surface area contributed by atoms with Crippen LogP contribution in [0.5, 0.6) is 0 Å². The van der Waals surface area contributed by atoms with Gasteiger partial charge in [-0.1, -0.05) is 0 Å². The number of fused-ring (bicyclic) bond motifs is 1. The summed E-state index contributed by atoms with van der Waals surface area (Å²) in [6.07, 6.45) is 8.95. The molecule has 0 aliphatic heterocycles. The van der Waals surface area contributed by atoms with Gasteiger partial charge in [-0.15, -0.1) is 0 Å². The smallest absolute Gasteiger partial charge is 1.00 e. The van der Waals surface area contributed by atoms with Crippen LogP contribution in [0.4, 0.5) is 0 Å². The third kappa shape index (κ3) is 5.99. The van der Waals surface area contributed by atoms with Crippen molar-refractivity contribution in [1.82, 2.24) is 0 Å². The van der Waals surface area contributed by atoms with Gasteiger partial charge in [0.1, 0.15) is 0 Å².